The van der Waals surface area contributed by atoms with Gasteiger partial charge in [0, 0.05) is 10.6 Å². The van der Waals surface area contributed by atoms with Gasteiger partial charge in [-0.05, 0) is 44.2 Å². The minimum absolute atomic E-state index is 0.245. The third kappa shape index (κ3) is 3.75. The van der Waals surface area contributed by atoms with Crippen molar-refractivity contribution >= 4 is 22.2 Å². The fourth-order valence-corrected chi connectivity index (χ4v) is 4.32. The summed E-state index contributed by atoms with van der Waals surface area (Å²) in [5.74, 6) is -0.502. The van der Waals surface area contributed by atoms with Crippen LogP contribution in [0.4, 0.5) is 18.2 Å². The topological polar surface area (TPSA) is 70.7 Å². The van der Waals surface area contributed by atoms with E-state index in [9.17, 15) is 23.2 Å². The van der Waals surface area contributed by atoms with E-state index in [2.05, 4.69) is 16.5 Å². The molecule has 5 nitrogen and oxygen atoms in total. The molecule has 0 saturated heterocycles. The molecule has 0 atom stereocenters. The number of fused-ring (bicyclic) bond motifs is 1. The molecule has 138 valence electrons. The highest BCUT2D eigenvalue weighted by molar-refractivity contribution is 7.16. The molecule has 0 saturated carbocycles. The summed E-state index contributed by atoms with van der Waals surface area (Å²) in [5.41, 5.74) is 0.701. The number of carbonyl (C=O) groups is 1. The van der Waals surface area contributed by atoms with E-state index in [0.717, 1.165) is 53.3 Å². The van der Waals surface area contributed by atoms with Crippen molar-refractivity contribution in [2.24, 2.45) is 0 Å². The molecule has 3 rings (SSSR count). The van der Waals surface area contributed by atoms with E-state index in [0.29, 0.717) is 10.6 Å². The Morgan fingerprint density at radius 3 is 2.77 bits per heavy atom. The van der Waals surface area contributed by atoms with Gasteiger partial charge in [0.05, 0.1) is 5.56 Å². The first-order valence-electron chi connectivity index (χ1n) is 8.25. The number of alkyl halides is 3. The maximum absolute atomic E-state index is 12.7. The van der Waals surface area contributed by atoms with Crippen LogP contribution in [0, 0.1) is 18.3 Å². The van der Waals surface area contributed by atoms with Crippen LogP contribution in [0.3, 0.4) is 0 Å². The molecule has 1 aliphatic carbocycles. The van der Waals surface area contributed by atoms with Gasteiger partial charge < -0.3 is 5.32 Å². The highest BCUT2D eigenvalue weighted by Gasteiger charge is 2.34. The largest absolute Gasteiger partial charge is 0.435 e. The molecule has 1 amide bonds. The van der Waals surface area contributed by atoms with Crippen LogP contribution in [0.5, 0.6) is 0 Å². The zero-order valence-corrected chi connectivity index (χ0v) is 14.9. The van der Waals surface area contributed by atoms with E-state index in [1.54, 1.807) is 0 Å². The summed E-state index contributed by atoms with van der Waals surface area (Å²) in [7, 11) is 0. The first-order chi connectivity index (χ1) is 12.3. The predicted octanol–water partition coefficient (Wildman–Crippen LogP) is 4.05. The lowest BCUT2D eigenvalue weighted by molar-refractivity contribution is -0.141. The van der Waals surface area contributed by atoms with Gasteiger partial charge in [0.15, 0.2) is 5.69 Å². The van der Waals surface area contributed by atoms with E-state index in [4.69, 9.17) is 0 Å². The fraction of sp³-hybridized carbons (Fsp3) is 0.471. The number of nitrogens with one attached hydrogen (secondary N) is 1. The third-order valence-electron chi connectivity index (χ3n) is 4.35. The van der Waals surface area contributed by atoms with Crippen molar-refractivity contribution in [3.05, 3.63) is 33.5 Å². The normalized spacial score (nSPS) is 14.4. The van der Waals surface area contributed by atoms with E-state index in [1.165, 1.54) is 18.3 Å². The van der Waals surface area contributed by atoms with Gasteiger partial charge in [0.1, 0.15) is 17.6 Å². The molecule has 26 heavy (non-hydrogen) atoms. The summed E-state index contributed by atoms with van der Waals surface area (Å²) >= 11 is 1.39. The highest BCUT2D eigenvalue weighted by Crippen LogP contribution is 2.37. The lowest BCUT2D eigenvalue weighted by Gasteiger charge is -2.06. The number of halogens is 3. The van der Waals surface area contributed by atoms with E-state index < -0.39 is 17.8 Å². The zero-order chi connectivity index (χ0) is 18.9. The van der Waals surface area contributed by atoms with Crippen LogP contribution in [0.2, 0.25) is 0 Å². The summed E-state index contributed by atoms with van der Waals surface area (Å²) < 4.78 is 39.2. The molecule has 0 bridgehead atoms. The predicted molar refractivity (Wildman–Crippen MR) is 90.9 cm³/mol. The molecule has 0 aromatic carbocycles. The number of amides is 1. The van der Waals surface area contributed by atoms with Crippen LogP contribution in [-0.4, -0.2) is 15.7 Å². The first kappa shape index (κ1) is 18.5. The van der Waals surface area contributed by atoms with Crippen LogP contribution >= 0.6 is 11.3 Å². The highest BCUT2D eigenvalue weighted by atomic mass is 32.1. The van der Waals surface area contributed by atoms with Crippen molar-refractivity contribution < 1.29 is 18.0 Å². The monoisotopic (exact) mass is 382 g/mol. The Hall–Kier alpha value is -2.34. The van der Waals surface area contributed by atoms with Crippen LogP contribution < -0.4 is 5.32 Å². The molecule has 9 heteroatoms. The smallest absolute Gasteiger partial charge is 0.315 e. The number of nitrogens with zero attached hydrogens (tertiary/aromatic N) is 3. The van der Waals surface area contributed by atoms with Gasteiger partial charge in [-0.25, -0.2) is 0 Å². The van der Waals surface area contributed by atoms with E-state index in [-0.39, 0.29) is 12.2 Å². The number of aryl methyl sites for hydroxylation is 2. The molecule has 2 heterocycles. The lowest BCUT2D eigenvalue weighted by Crippen LogP contribution is -2.20. The van der Waals surface area contributed by atoms with E-state index in [1.807, 2.05) is 0 Å². The van der Waals surface area contributed by atoms with E-state index >= 15 is 0 Å². The zero-order valence-electron chi connectivity index (χ0n) is 14.1. The average Bonchev–Trinajstić information content (AvgIpc) is 2.98. The molecule has 1 N–H and O–H groups in total. The molecule has 0 radical (unpaired) electrons. The van der Waals surface area contributed by atoms with Gasteiger partial charge in [0.2, 0.25) is 5.91 Å². The maximum atomic E-state index is 12.7. The Kier molecular flexibility index (Phi) is 5.05. The molecule has 2 aromatic heterocycles. The van der Waals surface area contributed by atoms with Crippen molar-refractivity contribution in [2.75, 3.05) is 5.32 Å². The van der Waals surface area contributed by atoms with Crippen molar-refractivity contribution in [3.63, 3.8) is 0 Å². The molecule has 1 aliphatic rings. The third-order valence-corrected chi connectivity index (χ3v) is 5.56. The minimum Gasteiger partial charge on any atom is -0.315 e. The quantitative estimate of drug-likeness (QED) is 0.814. The Bertz CT molecular complexity index is 876. The fourth-order valence-electron chi connectivity index (χ4n) is 3.06. The SMILES string of the molecule is Cc1cc(C(F)(F)F)nn1CC(=O)Nc1sc2c(c1C#N)CCCCC2. The van der Waals surface area contributed by atoms with Crippen molar-refractivity contribution in [2.45, 2.75) is 51.7 Å². The Balaban J connectivity index is 1.77. The number of carbonyl (C=O) groups excluding carboxylic acids is 1. The molecular formula is C17H17F3N4OS. The number of nitriles is 1. The second kappa shape index (κ2) is 7.11. The van der Waals surface area contributed by atoms with Crippen molar-refractivity contribution in [1.82, 2.24) is 9.78 Å². The molecular weight excluding hydrogens is 365 g/mol. The molecule has 0 unspecified atom stereocenters. The summed E-state index contributed by atoms with van der Waals surface area (Å²) in [4.78, 5) is 13.4. The summed E-state index contributed by atoms with van der Waals surface area (Å²) in [5, 5.41) is 16.1. The van der Waals surface area contributed by atoms with Crippen molar-refractivity contribution in [3.8, 4) is 6.07 Å². The molecule has 0 aliphatic heterocycles. The standard InChI is InChI=1S/C17H17F3N4OS/c1-10-7-14(17(18,19)20)23-24(10)9-15(25)22-16-12(8-21)11-5-3-2-4-6-13(11)26-16/h7H,2-6,9H2,1H3,(H,22,25). The number of thiophene rings is 1. The lowest BCUT2D eigenvalue weighted by atomic mass is 10.1. The van der Waals surface area contributed by atoms with Gasteiger partial charge in [0.25, 0.3) is 0 Å². The molecule has 2 aromatic rings. The van der Waals surface area contributed by atoms with Gasteiger partial charge in [-0.15, -0.1) is 11.3 Å². The van der Waals surface area contributed by atoms with Crippen LogP contribution in [0.15, 0.2) is 6.07 Å². The summed E-state index contributed by atoms with van der Waals surface area (Å²) in [6.07, 6.45) is 0.340. The van der Waals surface area contributed by atoms with Gasteiger partial charge in [-0.1, -0.05) is 6.42 Å². The van der Waals surface area contributed by atoms with Crippen LogP contribution in [0.1, 0.15) is 46.7 Å². The van der Waals surface area contributed by atoms with Crippen LogP contribution in [0.25, 0.3) is 0 Å². The number of aromatic nitrogens is 2. The Morgan fingerprint density at radius 1 is 1.38 bits per heavy atom. The number of hydrogen-bond acceptors (Lipinski definition) is 4. The first-order valence-corrected chi connectivity index (χ1v) is 9.07. The van der Waals surface area contributed by atoms with Gasteiger partial charge in [-0.2, -0.15) is 23.5 Å². The van der Waals surface area contributed by atoms with Crippen molar-refractivity contribution in [1.29, 1.82) is 5.26 Å². The van der Waals surface area contributed by atoms with Gasteiger partial charge >= 0.3 is 6.18 Å². The molecule has 0 fully saturated rings. The summed E-state index contributed by atoms with van der Waals surface area (Å²) in [6, 6.07) is 3.06. The van der Waals surface area contributed by atoms with Crippen LogP contribution in [-0.2, 0) is 30.4 Å². The average molecular weight is 382 g/mol. The maximum Gasteiger partial charge on any atom is 0.435 e. The second-order valence-corrected chi connectivity index (χ2v) is 7.36. The number of anilines is 1. The van der Waals surface area contributed by atoms with Gasteiger partial charge in [-0.3, -0.25) is 9.48 Å². The Labute approximate surface area is 152 Å². The number of rotatable bonds is 3. The Morgan fingerprint density at radius 2 is 2.12 bits per heavy atom. The second-order valence-electron chi connectivity index (χ2n) is 6.25. The number of hydrogen-bond donors (Lipinski definition) is 1. The summed E-state index contributed by atoms with van der Waals surface area (Å²) in [6.45, 7) is 1.12. The molecule has 0 spiro atoms. The minimum atomic E-state index is -4.55.